The Morgan fingerprint density at radius 3 is 2.58 bits per heavy atom. The Morgan fingerprint density at radius 2 is 1.88 bits per heavy atom. The highest BCUT2D eigenvalue weighted by molar-refractivity contribution is 6.30. The zero-order valence-corrected chi connectivity index (χ0v) is 13.4. The second kappa shape index (κ2) is 8.69. The molecule has 0 heterocycles. The number of hydrazone groups is 1. The van der Waals surface area contributed by atoms with Gasteiger partial charge in [-0.2, -0.15) is 5.10 Å². The number of carboxylic acids is 1. The van der Waals surface area contributed by atoms with Crippen LogP contribution in [0.15, 0.2) is 53.6 Å². The van der Waals surface area contributed by atoms with Crippen molar-refractivity contribution in [3.63, 3.8) is 0 Å². The van der Waals surface area contributed by atoms with Crippen LogP contribution in [0.2, 0.25) is 5.02 Å². The van der Waals surface area contributed by atoms with Gasteiger partial charge >= 0.3 is 5.97 Å². The standard InChI is InChI=1S/C17H15ClN2O4/c18-14-7-5-12(6-8-14)9-16(21)20-19-10-13-3-1-2-4-15(13)24-11-17(22)23/h1-8,10H,9,11H2,(H,20,21)(H,22,23)/b19-10+. The van der Waals surface area contributed by atoms with Gasteiger partial charge in [-0.05, 0) is 29.8 Å². The van der Waals surface area contributed by atoms with E-state index in [0.29, 0.717) is 16.3 Å². The van der Waals surface area contributed by atoms with E-state index in [-0.39, 0.29) is 12.3 Å². The van der Waals surface area contributed by atoms with Crippen molar-refractivity contribution in [1.82, 2.24) is 5.43 Å². The van der Waals surface area contributed by atoms with E-state index in [2.05, 4.69) is 10.5 Å². The summed E-state index contributed by atoms with van der Waals surface area (Å²) in [5.41, 5.74) is 3.79. The van der Waals surface area contributed by atoms with Crippen molar-refractivity contribution in [2.24, 2.45) is 5.10 Å². The van der Waals surface area contributed by atoms with Gasteiger partial charge in [-0.3, -0.25) is 4.79 Å². The van der Waals surface area contributed by atoms with Crippen molar-refractivity contribution in [3.05, 3.63) is 64.7 Å². The highest BCUT2D eigenvalue weighted by Crippen LogP contribution is 2.15. The van der Waals surface area contributed by atoms with Gasteiger partial charge in [-0.1, -0.05) is 35.9 Å². The van der Waals surface area contributed by atoms with Crippen LogP contribution in [0.25, 0.3) is 0 Å². The van der Waals surface area contributed by atoms with E-state index in [1.807, 2.05) is 0 Å². The number of nitrogens with zero attached hydrogens (tertiary/aromatic N) is 1. The fourth-order valence-electron chi connectivity index (χ4n) is 1.86. The van der Waals surface area contributed by atoms with Gasteiger partial charge in [0.2, 0.25) is 5.91 Å². The van der Waals surface area contributed by atoms with Gasteiger partial charge in [0.25, 0.3) is 0 Å². The molecule has 24 heavy (non-hydrogen) atoms. The number of aliphatic carboxylic acids is 1. The van der Waals surface area contributed by atoms with Crippen molar-refractivity contribution >= 4 is 29.7 Å². The average molecular weight is 347 g/mol. The maximum Gasteiger partial charge on any atom is 0.341 e. The van der Waals surface area contributed by atoms with Crippen LogP contribution in [0, 0.1) is 0 Å². The number of hydrogen-bond donors (Lipinski definition) is 2. The second-order valence-corrected chi connectivity index (χ2v) is 5.25. The molecule has 0 aliphatic carbocycles. The molecule has 0 unspecified atom stereocenters. The zero-order valence-electron chi connectivity index (χ0n) is 12.6. The molecule has 2 N–H and O–H groups in total. The van der Waals surface area contributed by atoms with Gasteiger partial charge in [-0.25, -0.2) is 10.2 Å². The van der Waals surface area contributed by atoms with Crippen LogP contribution in [0.3, 0.4) is 0 Å². The summed E-state index contributed by atoms with van der Waals surface area (Å²) in [5.74, 6) is -0.980. The first-order valence-electron chi connectivity index (χ1n) is 7.04. The normalized spacial score (nSPS) is 10.5. The Labute approximate surface area is 143 Å². The van der Waals surface area contributed by atoms with E-state index in [0.717, 1.165) is 5.56 Å². The minimum absolute atomic E-state index is 0.172. The molecular weight excluding hydrogens is 332 g/mol. The van der Waals surface area contributed by atoms with Crippen molar-refractivity contribution < 1.29 is 19.4 Å². The molecule has 0 saturated carbocycles. The number of halogens is 1. The smallest absolute Gasteiger partial charge is 0.341 e. The quantitative estimate of drug-likeness (QED) is 0.595. The van der Waals surface area contributed by atoms with Crippen molar-refractivity contribution in [3.8, 4) is 5.75 Å². The molecule has 0 saturated heterocycles. The molecule has 2 rings (SSSR count). The van der Waals surface area contributed by atoms with Crippen molar-refractivity contribution in [2.45, 2.75) is 6.42 Å². The first-order chi connectivity index (χ1) is 11.5. The minimum Gasteiger partial charge on any atom is -0.481 e. The summed E-state index contributed by atoms with van der Waals surface area (Å²) >= 11 is 5.79. The molecule has 0 radical (unpaired) electrons. The van der Waals surface area contributed by atoms with Gasteiger partial charge in [-0.15, -0.1) is 0 Å². The highest BCUT2D eigenvalue weighted by Gasteiger charge is 2.05. The molecule has 1 amide bonds. The first-order valence-corrected chi connectivity index (χ1v) is 7.42. The lowest BCUT2D eigenvalue weighted by atomic mass is 10.1. The Morgan fingerprint density at radius 1 is 1.17 bits per heavy atom. The molecule has 7 heteroatoms. The molecule has 6 nitrogen and oxygen atoms in total. The summed E-state index contributed by atoms with van der Waals surface area (Å²) < 4.78 is 5.15. The van der Waals surface area contributed by atoms with Crippen LogP contribution >= 0.6 is 11.6 Å². The molecule has 0 spiro atoms. The van der Waals surface area contributed by atoms with E-state index in [1.165, 1.54) is 6.21 Å². The third kappa shape index (κ3) is 5.73. The van der Waals surface area contributed by atoms with E-state index in [1.54, 1.807) is 48.5 Å². The van der Waals surface area contributed by atoms with Crippen LogP contribution in [-0.4, -0.2) is 29.8 Å². The molecule has 2 aromatic rings. The molecule has 0 atom stereocenters. The van der Waals surface area contributed by atoms with Crippen LogP contribution in [0.4, 0.5) is 0 Å². The van der Waals surface area contributed by atoms with Gasteiger partial charge in [0.15, 0.2) is 6.61 Å². The van der Waals surface area contributed by atoms with Crippen molar-refractivity contribution in [2.75, 3.05) is 6.61 Å². The number of rotatable bonds is 7. The molecule has 0 aliphatic rings. The number of benzene rings is 2. The topological polar surface area (TPSA) is 88.0 Å². The second-order valence-electron chi connectivity index (χ2n) is 4.82. The highest BCUT2D eigenvalue weighted by atomic mass is 35.5. The summed E-state index contributed by atoms with van der Waals surface area (Å²) in [4.78, 5) is 22.4. The van der Waals surface area contributed by atoms with Crippen molar-refractivity contribution in [1.29, 1.82) is 0 Å². The third-order valence-electron chi connectivity index (χ3n) is 2.94. The predicted octanol–water partition coefficient (Wildman–Crippen LogP) is 2.50. The fraction of sp³-hybridized carbons (Fsp3) is 0.118. The average Bonchev–Trinajstić information content (AvgIpc) is 2.56. The van der Waals surface area contributed by atoms with Gasteiger partial charge in [0.05, 0.1) is 12.6 Å². The largest absolute Gasteiger partial charge is 0.481 e. The first kappa shape index (κ1) is 17.5. The van der Waals surface area contributed by atoms with E-state index in [9.17, 15) is 9.59 Å². The fourth-order valence-corrected chi connectivity index (χ4v) is 1.99. The molecule has 2 aromatic carbocycles. The van der Waals surface area contributed by atoms with E-state index in [4.69, 9.17) is 21.4 Å². The zero-order chi connectivity index (χ0) is 17.4. The number of ether oxygens (including phenoxy) is 1. The maximum absolute atomic E-state index is 11.8. The SMILES string of the molecule is O=C(O)COc1ccccc1/C=N/NC(=O)Cc1ccc(Cl)cc1. The van der Waals surface area contributed by atoms with Gasteiger partial charge < -0.3 is 9.84 Å². The lowest BCUT2D eigenvalue weighted by molar-refractivity contribution is -0.139. The number of para-hydroxylation sites is 1. The molecule has 0 fully saturated rings. The van der Waals surface area contributed by atoms with Crippen LogP contribution in [-0.2, 0) is 16.0 Å². The van der Waals surface area contributed by atoms with Crippen LogP contribution < -0.4 is 10.2 Å². The Balaban J connectivity index is 1.92. The summed E-state index contributed by atoms with van der Waals surface area (Å²) in [6.45, 7) is -0.451. The van der Waals surface area contributed by atoms with E-state index >= 15 is 0 Å². The number of nitrogens with one attached hydrogen (secondary N) is 1. The number of carbonyl (C=O) groups is 2. The summed E-state index contributed by atoms with van der Waals surface area (Å²) in [6, 6.07) is 13.7. The Bertz CT molecular complexity index is 745. The number of carboxylic acid groups (broad SMARTS) is 1. The Hall–Kier alpha value is -2.86. The lowest BCUT2D eigenvalue weighted by Gasteiger charge is -2.06. The Kier molecular flexibility index (Phi) is 6.33. The maximum atomic E-state index is 11.8. The van der Waals surface area contributed by atoms with Crippen LogP contribution in [0.1, 0.15) is 11.1 Å². The predicted molar refractivity (Wildman–Crippen MR) is 90.5 cm³/mol. The third-order valence-corrected chi connectivity index (χ3v) is 3.19. The minimum atomic E-state index is -1.07. The molecular formula is C17H15ClN2O4. The summed E-state index contributed by atoms with van der Waals surface area (Å²) in [5, 5.41) is 13.1. The number of carbonyl (C=O) groups excluding carboxylic acids is 1. The van der Waals surface area contributed by atoms with E-state index < -0.39 is 12.6 Å². The molecule has 0 bridgehead atoms. The molecule has 0 aliphatic heterocycles. The molecule has 124 valence electrons. The number of amides is 1. The molecule has 0 aromatic heterocycles. The summed E-state index contributed by atoms with van der Waals surface area (Å²) in [6.07, 6.45) is 1.57. The number of hydrogen-bond acceptors (Lipinski definition) is 4. The lowest BCUT2D eigenvalue weighted by Crippen LogP contribution is -2.19. The van der Waals surface area contributed by atoms with Gasteiger partial charge in [0.1, 0.15) is 5.75 Å². The summed E-state index contributed by atoms with van der Waals surface area (Å²) in [7, 11) is 0. The van der Waals surface area contributed by atoms with Crippen LogP contribution in [0.5, 0.6) is 5.75 Å². The monoisotopic (exact) mass is 346 g/mol. The van der Waals surface area contributed by atoms with Gasteiger partial charge in [0, 0.05) is 10.6 Å².